The van der Waals surface area contributed by atoms with E-state index in [4.69, 9.17) is 4.74 Å². The molecular weight excluding hydrogens is 166 g/mol. The van der Waals surface area contributed by atoms with E-state index in [-0.39, 0.29) is 6.10 Å². The molecule has 72 valence electrons. The van der Waals surface area contributed by atoms with Crippen molar-refractivity contribution in [2.45, 2.75) is 26.5 Å². The molecule has 13 heavy (non-hydrogen) atoms. The summed E-state index contributed by atoms with van der Waals surface area (Å²) in [6, 6.07) is 0.440. The standard InChI is InChI=1S/C9H15N3O/c1-7(2)13-9-11-5-8(4-10-3)6-12-9/h5-7,10H,4H2,1-3H3. The van der Waals surface area contributed by atoms with Gasteiger partial charge < -0.3 is 10.1 Å². The molecule has 1 rings (SSSR count). The average Bonchev–Trinajstić information content (AvgIpc) is 2.08. The summed E-state index contributed by atoms with van der Waals surface area (Å²) in [5.74, 6) is 0. The van der Waals surface area contributed by atoms with E-state index in [9.17, 15) is 0 Å². The summed E-state index contributed by atoms with van der Waals surface area (Å²) in [6.45, 7) is 4.68. The van der Waals surface area contributed by atoms with Gasteiger partial charge in [-0.3, -0.25) is 0 Å². The number of nitrogens with zero attached hydrogens (tertiary/aromatic N) is 2. The van der Waals surface area contributed by atoms with E-state index < -0.39 is 0 Å². The molecule has 0 aliphatic heterocycles. The summed E-state index contributed by atoms with van der Waals surface area (Å²) in [5, 5.41) is 3.02. The van der Waals surface area contributed by atoms with E-state index in [2.05, 4.69) is 15.3 Å². The van der Waals surface area contributed by atoms with Crippen molar-refractivity contribution in [1.29, 1.82) is 0 Å². The molecule has 0 aliphatic rings. The molecule has 0 spiro atoms. The van der Waals surface area contributed by atoms with E-state index in [0.717, 1.165) is 12.1 Å². The third-order valence-corrected chi connectivity index (χ3v) is 1.40. The second-order valence-corrected chi connectivity index (χ2v) is 3.07. The summed E-state index contributed by atoms with van der Waals surface area (Å²) in [4.78, 5) is 8.13. The summed E-state index contributed by atoms with van der Waals surface area (Å²) in [5.41, 5.74) is 1.05. The molecule has 1 N–H and O–H groups in total. The highest BCUT2D eigenvalue weighted by atomic mass is 16.5. The van der Waals surface area contributed by atoms with Gasteiger partial charge in [0.05, 0.1) is 6.10 Å². The molecule has 0 aromatic carbocycles. The van der Waals surface area contributed by atoms with Crippen molar-refractivity contribution in [3.8, 4) is 6.01 Å². The summed E-state index contributed by atoms with van der Waals surface area (Å²) in [6.07, 6.45) is 3.65. The van der Waals surface area contributed by atoms with Crippen LogP contribution in [0.4, 0.5) is 0 Å². The van der Waals surface area contributed by atoms with Gasteiger partial charge in [-0.05, 0) is 20.9 Å². The van der Waals surface area contributed by atoms with E-state index >= 15 is 0 Å². The first-order chi connectivity index (χ1) is 6.22. The Balaban J connectivity index is 2.59. The Hall–Kier alpha value is -1.16. The third-order valence-electron chi connectivity index (χ3n) is 1.40. The van der Waals surface area contributed by atoms with Gasteiger partial charge >= 0.3 is 6.01 Å². The molecule has 1 heterocycles. The molecular formula is C9H15N3O. The molecule has 0 saturated heterocycles. The van der Waals surface area contributed by atoms with Gasteiger partial charge in [0.25, 0.3) is 0 Å². The van der Waals surface area contributed by atoms with Crippen molar-refractivity contribution in [3.05, 3.63) is 18.0 Å². The summed E-state index contributed by atoms with van der Waals surface area (Å²) >= 11 is 0. The maximum absolute atomic E-state index is 5.30. The van der Waals surface area contributed by atoms with Gasteiger partial charge in [-0.1, -0.05) is 0 Å². The van der Waals surface area contributed by atoms with Crippen LogP contribution in [0, 0.1) is 0 Å². The van der Waals surface area contributed by atoms with Crippen molar-refractivity contribution >= 4 is 0 Å². The quantitative estimate of drug-likeness (QED) is 0.752. The van der Waals surface area contributed by atoms with Crippen LogP contribution in [0.3, 0.4) is 0 Å². The Morgan fingerprint density at radius 1 is 1.38 bits per heavy atom. The Labute approximate surface area is 78.4 Å². The molecule has 0 fully saturated rings. The Morgan fingerprint density at radius 3 is 2.46 bits per heavy atom. The second kappa shape index (κ2) is 4.77. The lowest BCUT2D eigenvalue weighted by molar-refractivity contribution is 0.222. The zero-order chi connectivity index (χ0) is 9.68. The van der Waals surface area contributed by atoms with Crippen molar-refractivity contribution < 1.29 is 4.74 Å². The predicted molar refractivity (Wildman–Crippen MR) is 50.6 cm³/mol. The number of hydrogen-bond acceptors (Lipinski definition) is 4. The topological polar surface area (TPSA) is 47.0 Å². The first-order valence-corrected chi connectivity index (χ1v) is 4.34. The number of hydrogen-bond donors (Lipinski definition) is 1. The molecule has 0 bridgehead atoms. The van der Waals surface area contributed by atoms with Crippen LogP contribution in [0.5, 0.6) is 6.01 Å². The van der Waals surface area contributed by atoms with Crippen molar-refractivity contribution in [3.63, 3.8) is 0 Å². The van der Waals surface area contributed by atoms with Gasteiger partial charge in [-0.25, -0.2) is 9.97 Å². The van der Waals surface area contributed by atoms with Crippen LogP contribution in [0.1, 0.15) is 19.4 Å². The molecule has 0 saturated carbocycles. The maximum Gasteiger partial charge on any atom is 0.316 e. The molecule has 1 aromatic rings. The van der Waals surface area contributed by atoms with Crippen LogP contribution >= 0.6 is 0 Å². The highest BCUT2D eigenvalue weighted by Crippen LogP contribution is 2.04. The smallest absolute Gasteiger partial charge is 0.316 e. The fourth-order valence-electron chi connectivity index (χ4n) is 0.910. The Morgan fingerprint density at radius 2 is 2.00 bits per heavy atom. The predicted octanol–water partition coefficient (Wildman–Crippen LogP) is 0.983. The van der Waals surface area contributed by atoms with Crippen LogP contribution in [0.2, 0.25) is 0 Å². The zero-order valence-corrected chi connectivity index (χ0v) is 8.24. The first kappa shape index (κ1) is 9.92. The lowest BCUT2D eigenvalue weighted by Crippen LogP contribution is -2.10. The fourth-order valence-corrected chi connectivity index (χ4v) is 0.910. The fraction of sp³-hybridized carbons (Fsp3) is 0.556. The third kappa shape index (κ3) is 3.38. The van der Waals surface area contributed by atoms with Gasteiger partial charge in [0.1, 0.15) is 0 Å². The Bertz CT molecular complexity index is 246. The number of aromatic nitrogens is 2. The molecule has 0 radical (unpaired) electrons. The number of rotatable bonds is 4. The molecule has 0 atom stereocenters. The molecule has 4 nitrogen and oxygen atoms in total. The highest BCUT2D eigenvalue weighted by Gasteiger charge is 1.99. The van der Waals surface area contributed by atoms with Crippen molar-refractivity contribution in [2.24, 2.45) is 0 Å². The molecule has 4 heteroatoms. The van der Waals surface area contributed by atoms with Gasteiger partial charge in [0.2, 0.25) is 0 Å². The van der Waals surface area contributed by atoms with E-state index in [1.807, 2.05) is 20.9 Å². The van der Waals surface area contributed by atoms with Crippen LogP contribution in [-0.4, -0.2) is 23.1 Å². The summed E-state index contributed by atoms with van der Waals surface area (Å²) in [7, 11) is 1.89. The molecule has 1 aromatic heterocycles. The van der Waals surface area contributed by atoms with Gasteiger partial charge in [-0.2, -0.15) is 0 Å². The van der Waals surface area contributed by atoms with E-state index in [1.54, 1.807) is 12.4 Å². The normalized spacial score (nSPS) is 10.5. The highest BCUT2D eigenvalue weighted by molar-refractivity contribution is 5.07. The minimum Gasteiger partial charge on any atom is -0.461 e. The largest absolute Gasteiger partial charge is 0.461 e. The van der Waals surface area contributed by atoms with Crippen LogP contribution < -0.4 is 10.1 Å². The first-order valence-electron chi connectivity index (χ1n) is 4.34. The lowest BCUT2D eigenvalue weighted by Gasteiger charge is -2.07. The monoisotopic (exact) mass is 181 g/mol. The number of ether oxygens (including phenoxy) is 1. The van der Waals surface area contributed by atoms with Gasteiger partial charge in [-0.15, -0.1) is 0 Å². The SMILES string of the molecule is CNCc1cnc(OC(C)C)nc1. The van der Waals surface area contributed by atoms with Gasteiger partial charge in [0.15, 0.2) is 0 Å². The second-order valence-electron chi connectivity index (χ2n) is 3.07. The summed E-state index contributed by atoms with van der Waals surface area (Å²) < 4.78 is 5.30. The lowest BCUT2D eigenvalue weighted by atomic mass is 10.3. The van der Waals surface area contributed by atoms with E-state index in [1.165, 1.54) is 0 Å². The van der Waals surface area contributed by atoms with Crippen LogP contribution in [-0.2, 0) is 6.54 Å². The van der Waals surface area contributed by atoms with Crippen molar-refractivity contribution in [1.82, 2.24) is 15.3 Å². The molecule has 0 aliphatic carbocycles. The molecule has 0 unspecified atom stereocenters. The minimum atomic E-state index is 0.121. The van der Waals surface area contributed by atoms with E-state index in [0.29, 0.717) is 6.01 Å². The average molecular weight is 181 g/mol. The Kier molecular flexibility index (Phi) is 3.64. The molecule has 0 amide bonds. The van der Waals surface area contributed by atoms with Gasteiger partial charge in [0, 0.05) is 24.5 Å². The van der Waals surface area contributed by atoms with Crippen LogP contribution in [0.15, 0.2) is 12.4 Å². The number of nitrogens with one attached hydrogen (secondary N) is 1. The zero-order valence-electron chi connectivity index (χ0n) is 8.24. The maximum atomic E-state index is 5.30. The van der Waals surface area contributed by atoms with Crippen molar-refractivity contribution in [2.75, 3.05) is 7.05 Å². The minimum absolute atomic E-state index is 0.121. The van der Waals surface area contributed by atoms with Crippen LogP contribution in [0.25, 0.3) is 0 Å².